The molecule has 0 radical (unpaired) electrons. The molecule has 3 rings (SSSR count). The minimum Gasteiger partial charge on any atom is -0.487 e. The van der Waals surface area contributed by atoms with Crippen LogP contribution in [0.1, 0.15) is 11.1 Å². The van der Waals surface area contributed by atoms with Crippen LogP contribution in [-0.4, -0.2) is 6.79 Å². The maximum absolute atomic E-state index is 8.79. The molecule has 0 spiro atoms. The molecule has 0 aliphatic carbocycles. The monoisotopic (exact) mass is 321 g/mol. The molecule has 0 saturated carbocycles. The highest BCUT2D eigenvalue weighted by Gasteiger charge is 2.18. The van der Waals surface area contributed by atoms with Gasteiger partial charge >= 0.3 is 0 Å². The zero-order valence-electron chi connectivity index (χ0n) is 10.7. The lowest BCUT2D eigenvalue weighted by Crippen LogP contribution is -1.96. The molecule has 21 heavy (non-hydrogen) atoms. The van der Waals surface area contributed by atoms with Gasteiger partial charge < -0.3 is 14.2 Å². The van der Waals surface area contributed by atoms with Crippen LogP contribution >= 0.6 is 23.2 Å². The molecule has 2 aromatic carbocycles. The van der Waals surface area contributed by atoms with Crippen molar-refractivity contribution in [2.45, 2.75) is 6.61 Å². The van der Waals surface area contributed by atoms with E-state index >= 15 is 0 Å². The standard InChI is InChI=1S/C15H9Cl2NO3/c16-11-3-9(6-18)1-2-13(11)19-7-10-4-12(17)15-14(5-10)20-8-21-15/h1-5H,7-8H2. The number of nitriles is 1. The number of fused-ring (bicyclic) bond motifs is 1. The average Bonchev–Trinajstić information content (AvgIpc) is 2.95. The van der Waals surface area contributed by atoms with Crippen LogP contribution in [0.25, 0.3) is 0 Å². The van der Waals surface area contributed by atoms with Crippen LogP contribution in [0.15, 0.2) is 30.3 Å². The van der Waals surface area contributed by atoms with Gasteiger partial charge in [-0.2, -0.15) is 5.26 Å². The Morgan fingerprint density at radius 2 is 2.00 bits per heavy atom. The number of rotatable bonds is 3. The van der Waals surface area contributed by atoms with Gasteiger partial charge in [0, 0.05) is 0 Å². The number of benzene rings is 2. The molecule has 4 nitrogen and oxygen atoms in total. The molecule has 2 aromatic rings. The summed E-state index contributed by atoms with van der Waals surface area (Å²) in [5.41, 5.74) is 1.32. The van der Waals surface area contributed by atoms with E-state index in [0.29, 0.717) is 32.9 Å². The summed E-state index contributed by atoms with van der Waals surface area (Å²) in [5, 5.41) is 9.66. The summed E-state index contributed by atoms with van der Waals surface area (Å²) < 4.78 is 16.2. The first-order valence-electron chi connectivity index (χ1n) is 6.08. The zero-order chi connectivity index (χ0) is 14.8. The van der Waals surface area contributed by atoms with Gasteiger partial charge in [-0.1, -0.05) is 23.2 Å². The van der Waals surface area contributed by atoms with E-state index < -0.39 is 0 Å². The molecule has 1 aliphatic heterocycles. The number of hydrogen-bond donors (Lipinski definition) is 0. The maximum Gasteiger partial charge on any atom is 0.231 e. The van der Waals surface area contributed by atoms with E-state index in [1.807, 2.05) is 12.1 Å². The molecule has 1 heterocycles. The summed E-state index contributed by atoms with van der Waals surface area (Å²) in [4.78, 5) is 0. The minimum atomic E-state index is 0.167. The van der Waals surface area contributed by atoms with E-state index in [1.54, 1.807) is 24.3 Å². The van der Waals surface area contributed by atoms with Crippen LogP contribution in [0.2, 0.25) is 10.0 Å². The minimum absolute atomic E-state index is 0.167. The first kappa shape index (κ1) is 13.9. The Kier molecular flexibility index (Phi) is 3.78. The molecule has 0 unspecified atom stereocenters. The van der Waals surface area contributed by atoms with Crippen molar-refractivity contribution in [2.75, 3.05) is 6.79 Å². The van der Waals surface area contributed by atoms with Gasteiger partial charge in [0.25, 0.3) is 0 Å². The van der Waals surface area contributed by atoms with E-state index in [2.05, 4.69) is 0 Å². The summed E-state index contributed by atoms with van der Waals surface area (Å²) in [6, 6.07) is 10.5. The van der Waals surface area contributed by atoms with Crippen molar-refractivity contribution >= 4 is 23.2 Å². The predicted molar refractivity (Wildman–Crippen MR) is 78.1 cm³/mol. The van der Waals surface area contributed by atoms with Crippen LogP contribution in [0.5, 0.6) is 17.2 Å². The van der Waals surface area contributed by atoms with Gasteiger partial charge in [-0.05, 0) is 35.9 Å². The smallest absolute Gasteiger partial charge is 0.231 e. The van der Waals surface area contributed by atoms with Crippen LogP contribution in [-0.2, 0) is 6.61 Å². The van der Waals surface area contributed by atoms with Gasteiger partial charge in [0.1, 0.15) is 12.4 Å². The lowest BCUT2D eigenvalue weighted by Gasteiger charge is -2.09. The second-order valence-electron chi connectivity index (χ2n) is 4.36. The van der Waals surface area contributed by atoms with Crippen molar-refractivity contribution in [2.24, 2.45) is 0 Å². The third-order valence-corrected chi connectivity index (χ3v) is 3.52. The van der Waals surface area contributed by atoms with Gasteiger partial charge in [-0.15, -0.1) is 0 Å². The Morgan fingerprint density at radius 1 is 1.14 bits per heavy atom. The number of nitrogens with zero attached hydrogens (tertiary/aromatic N) is 1. The molecule has 0 fully saturated rings. The lowest BCUT2D eigenvalue weighted by molar-refractivity contribution is 0.174. The second-order valence-corrected chi connectivity index (χ2v) is 5.17. The Hall–Kier alpha value is -2.09. The fraction of sp³-hybridized carbons (Fsp3) is 0.133. The maximum atomic E-state index is 8.79. The van der Waals surface area contributed by atoms with Crippen molar-refractivity contribution in [3.8, 4) is 23.3 Å². The Labute approximate surface area is 131 Å². The summed E-state index contributed by atoms with van der Waals surface area (Å²) >= 11 is 12.2. The summed E-state index contributed by atoms with van der Waals surface area (Å²) in [6.45, 7) is 0.447. The molecular formula is C15H9Cl2NO3. The molecule has 0 amide bonds. The fourth-order valence-corrected chi connectivity index (χ4v) is 2.48. The molecule has 0 saturated heterocycles. The average molecular weight is 322 g/mol. The molecule has 106 valence electrons. The van der Waals surface area contributed by atoms with E-state index in [-0.39, 0.29) is 13.4 Å². The first-order valence-corrected chi connectivity index (χ1v) is 6.83. The number of hydrogen-bond acceptors (Lipinski definition) is 4. The normalized spacial score (nSPS) is 12.0. The SMILES string of the molecule is N#Cc1ccc(OCc2cc(Cl)c3c(c2)OCO3)c(Cl)c1. The van der Waals surface area contributed by atoms with Crippen LogP contribution in [0, 0.1) is 11.3 Å². The van der Waals surface area contributed by atoms with Crippen molar-refractivity contribution in [3.63, 3.8) is 0 Å². The van der Waals surface area contributed by atoms with E-state index in [4.69, 9.17) is 42.7 Å². The van der Waals surface area contributed by atoms with Crippen molar-refractivity contribution in [1.29, 1.82) is 5.26 Å². The third kappa shape index (κ3) is 2.85. The van der Waals surface area contributed by atoms with Gasteiger partial charge in [-0.25, -0.2) is 0 Å². The molecule has 0 aromatic heterocycles. The van der Waals surface area contributed by atoms with Crippen molar-refractivity contribution in [1.82, 2.24) is 0 Å². The third-order valence-electron chi connectivity index (χ3n) is 2.94. The van der Waals surface area contributed by atoms with E-state index in [1.165, 1.54) is 0 Å². The van der Waals surface area contributed by atoms with Crippen LogP contribution < -0.4 is 14.2 Å². The Balaban J connectivity index is 1.77. The van der Waals surface area contributed by atoms with E-state index in [9.17, 15) is 0 Å². The molecule has 6 heteroatoms. The second kappa shape index (κ2) is 5.72. The molecule has 0 atom stereocenters. The van der Waals surface area contributed by atoms with Gasteiger partial charge in [0.2, 0.25) is 6.79 Å². The molecule has 0 bridgehead atoms. The highest BCUT2D eigenvalue weighted by molar-refractivity contribution is 6.32. The Morgan fingerprint density at radius 3 is 2.76 bits per heavy atom. The predicted octanol–water partition coefficient (Wildman–Crippen LogP) is 4.17. The quantitative estimate of drug-likeness (QED) is 0.851. The van der Waals surface area contributed by atoms with Crippen LogP contribution in [0.3, 0.4) is 0 Å². The fourth-order valence-electron chi connectivity index (χ4n) is 1.95. The lowest BCUT2D eigenvalue weighted by atomic mass is 10.2. The van der Waals surface area contributed by atoms with Gasteiger partial charge in [0.05, 0.1) is 21.7 Å². The highest BCUT2D eigenvalue weighted by Crippen LogP contribution is 2.40. The summed E-state index contributed by atoms with van der Waals surface area (Å²) in [6.07, 6.45) is 0. The van der Waals surface area contributed by atoms with Gasteiger partial charge in [0.15, 0.2) is 11.5 Å². The Bertz CT molecular complexity index is 740. The van der Waals surface area contributed by atoms with Crippen molar-refractivity contribution in [3.05, 3.63) is 51.5 Å². The first-order chi connectivity index (χ1) is 10.2. The number of ether oxygens (including phenoxy) is 3. The zero-order valence-corrected chi connectivity index (χ0v) is 12.2. The molecule has 1 aliphatic rings. The summed E-state index contributed by atoms with van der Waals surface area (Å²) in [7, 11) is 0. The molecule has 0 N–H and O–H groups in total. The van der Waals surface area contributed by atoms with Crippen LogP contribution in [0.4, 0.5) is 0 Å². The largest absolute Gasteiger partial charge is 0.487 e. The topological polar surface area (TPSA) is 51.5 Å². The summed E-state index contributed by atoms with van der Waals surface area (Å²) in [5.74, 6) is 1.66. The van der Waals surface area contributed by atoms with Crippen molar-refractivity contribution < 1.29 is 14.2 Å². The number of halogens is 2. The van der Waals surface area contributed by atoms with E-state index in [0.717, 1.165) is 5.56 Å². The van der Waals surface area contributed by atoms with Gasteiger partial charge in [-0.3, -0.25) is 0 Å². The highest BCUT2D eigenvalue weighted by atomic mass is 35.5. The molecular weight excluding hydrogens is 313 g/mol.